The van der Waals surface area contributed by atoms with Crippen LogP contribution in [0, 0.1) is 0 Å². The topological polar surface area (TPSA) is 91.5 Å². The Morgan fingerprint density at radius 1 is 0.875 bits per heavy atom. The van der Waals surface area contributed by atoms with Crippen LogP contribution >= 0.6 is 0 Å². The van der Waals surface area contributed by atoms with Gasteiger partial charge in [0.25, 0.3) is 0 Å². The first kappa shape index (κ1) is 13.0. The summed E-state index contributed by atoms with van der Waals surface area (Å²) in [5.74, 6) is 0.497. The Hall–Kier alpha value is -3.54. The first-order chi connectivity index (χ1) is 11.7. The predicted octanol–water partition coefficient (Wildman–Crippen LogP) is 2.15. The van der Waals surface area contributed by atoms with Crippen molar-refractivity contribution in [3.63, 3.8) is 0 Å². The van der Waals surface area contributed by atoms with E-state index in [-0.39, 0.29) is 11.6 Å². The second-order valence-electron chi connectivity index (χ2n) is 5.64. The van der Waals surface area contributed by atoms with E-state index in [9.17, 15) is 9.59 Å². The van der Waals surface area contributed by atoms with E-state index in [1.807, 2.05) is 0 Å². The first-order valence-electron chi connectivity index (χ1n) is 7.44. The molecule has 0 saturated carbocycles. The molecule has 0 amide bonds. The zero-order valence-electron chi connectivity index (χ0n) is 12.3. The average molecular weight is 314 g/mol. The number of fused-ring (bicyclic) bond motifs is 11. The third-order valence-corrected chi connectivity index (χ3v) is 4.26. The van der Waals surface area contributed by atoms with Crippen molar-refractivity contribution < 1.29 is 9.59 Å². The summed E-state index contributed by atoms with van der Waals surface area (Å²) < 4.78 is 0. The number of rotatable bonds is 0. The molecule has 0 unspecified atom stereocenters. The number of imidazole rings is 2. The highest BCUT2D eigenvalue weighted by Crippen LogP contribution is 2.31. The van der Waals surface area contributed by atoms with Crippen molar-refractivity contribution in [2.24, 2.45) is 0 Å². The molecule has 3 heterocycles. The molecule has 8 bridgehead atoms. The molecular formula is C18H10N4O2. The number of nitrogens with one attached hydrogen (secondary N) is 2. The van der Waals surface area contributed by atoms with Crippen LogP contribution in [0.5, 0.6) is 0 Å². The summed E-state index contributed by atoms with van der Waals surface area (Å²) in [4.78, 5) is 40.7. The Balaban J connectivity index is 1.87. The highest BCUT2D eigenvalue weighted by molar-refractivity contribution is 6.37. The molecule has 5 rings (SSSR count). The molecule has 2 aliphatic carbocycles. The maximum absolute atomic E-state index is 12.9. The maximum Gasteiger partial charge on any atom is 0.197 e. The molecule has 0 atom stereocenters. The number of ketones is 2. The van der Waals surface area contributed by atoms with Gasteiger partial charge in [-0.15, -0.1) is 0 Å². The normalized spacial score (nSPS) is 18.2. The van der Waals surface area contributed by atoms with E-state index in [2.05, 4.69) is 19.9 Å². The molecule has 0 saturated heterocycles. The minimum atomic E-state index is -0.218. The molecule has 0 spiro atoms. The number of nitrogens with zero attached hydrogens (tertiary/aromatic N) is 2. The quantitative estimate of drug-likeness (QED) is 0.779. The number of aromatic amines is 2. The zero-order chi connectivity index (χ0) is 16.3. The van der Waals surface area contributed by atoms with Crippen LogP contribution in [0.4, 0.5) is 0 Å². The van der Waals surface area contributed by atoms with Gasteiger partial charge in [-0.05, 0) is 12.2 Å². The minimum absolute atomic E-state index is 0.218. The molecule has 0 radical (unpaired) electrons. The Morgan fingerprint density at radius 3 is 2.25 bits per heavy atom. The lowest BCUT2D eigenvalue weighted by molar-refractivity contribution is -0.112. The molecule has 1 aliphatic heterocycles. The number of hydrogen-bond acceptors (Lipinski definition) is 4. The van der Waals surface area contributed by atoms with E-state index >= 15 is 0 Å². The smallest absolute Gasteiger partial charge is 0.197 e. The van der Waals surface area contributed by atoms with Gasteiger partial charge < -0.3 is 9.97 Å². The van der Waals surface area contributed by atoms with Gasteiger partial charge in [-0.2, -0.15) is 0 Å². The Labute approximate surface area is 136 Å². The van der Waals surface area contributed by atoms with Crippen molar-refractivity contribution in [1.82, 2.24) is 19.9 Å². The van der Waals surface area contributed by atoms with Crippen LogP contribution in [0.2, 0.25) is 0 Å². The summed E-state index contributed by atoms with van der Waals surface area (Å²) >= 11 is 0. The van der Waals surface area contributed by atoms with Gasteiger partial charge >= 0.3 is 0 Å². The highest BCUT2D eigenvalue weighted by Gasteiger charge is 2.29. The van der Waals surface area contributed by atoms with Crippen LogP contribution in [0.25, 0.3) is 22.5 Å². The molecule has 114 valence electrons. The van der Waals surface area contributed by atoms with Gasteiger partial charge in [-0.1, -0.05) is 24.3 Å². The number of aromatic nitrogens is 4. The van der Waals surface area contributed by atoms with Crippen molar-refractivity contribution >= 4 is 22.7 Å². The highest BCUT2D eigenvalue weighted by atomic mass is 16.1. The van der Waals surface area contributed by atoms with E-state index in [1.54, 1.807) is 48.8 Å². The summed E-state index contributed by atoms with van der Waals surface area (Å²) in [6, 6.07) is 0. The van der Waals surface area contributed by atoms with E-state index in [0.29, 0.717) is 45.3 Å². The standard InChI is InChI=1S/C18H10N4O2/c23-15-9-3-1-5-11(15)17-19-7-13(21-17)14-8-20-18(22-14)12-6-2-4-10(9)16(12)24/h1-8H,(H,19,21)(H,20,22). The van der Waals surface area contributed by atoms with Crippen molar-refractivity contribution in [2.75, 3.05) is 0 Å². The molecule has 2 aromatic rings. The summed E-state index contributed by atoms with van der Waals surface area (Å²) in [6.45, 7) is 0. The molecular weight excluding hydrogens is 304 g/mol. The van der Waals surface area contributed by atoms with E-state index in [4.69, 9.17) is 0 Å². The van der Waals surface area contributed by atoms with Gasteiger partial charge in [0, 0.05) is 17.3 Å². The van der Waals surface area contributed by atoms with Crippen LogP contribution in [-0.2, 0) is 9.59 Å². The maximum atomic E-state index is 12.9. The fraction of sp³-hybridized carbons (Fsp3) is 0. The first-order valence-corrected chi connectivity index (χ1v) is 7.44. The van der Waals surface area contributed by atoms with E-state index < -0.39 is 0 Å². The predicted molar refractivity (Wildman–Crippen MR) is 87.4 cm³/mol. The van der Waals surface area contributed by atoms with Crippen LogP contribution in [0.3, 0.4) is 0 Å². The second-order valence-corrected chi connectivity index (χ2v) is 5.64. The van der Waals surface area contributed by atoms with E-state index in [0.717, 1.165) is 0 Å². The molecule has 2 N–H and O–H groups in total. The summed E-state index contributed by atoms with van der Waals surface area (Å²) in [5.41, 5.74) is 2.91. The van der Waals surface area contributed by atoms with E-state index in [1.165, 1.54) is 0 Å². The van der Waals surface area contributed by atoms with Crippen LogP contribution in [-0.4, -0.2) is 31.5 Å². The van der Waals surface area contributed by atoms with Crippen molar-refractivity contribution in [1.29, 1.82) is 0 Å². The largest absolute Gasteiger partial charge is 0.344 e. The van der Waals surface area contributed by atoms with Crippen LogP contribution in [0.1, 0.15) is 11.6 Å². The lowest BCUT2D eigenvalue weighted by atomic mass is 9.87. The number of hydrogen-bond donors (Lipinski definition) is 2. The van der Waals surface area contributed by atoms with Gasteiger partial charge in [0.2, 0.25) is 0 Å². The van der Waals surface area contributed by atoms with Crippen molar-refractivity contribution in [3.8, 4) is 11.4 Å². The Kier molecular flexibility index (Phi) is 2.42. The molecule has 0 fully saturated rings. The molecule has 2 aromatic heterocycles. The Bertz CT molecular complexity index is 1000. The van der Waals surface area contributed by atoms with Crippen molar-refractivity contribution in [3.05, 3.63) is 71.6 Å². The second kappa shape index (κ2) is 4.48. The molecule has 24 heavy (non-hydrogen) atoms. The minimum Gasteiger partial charge on any atom is -0.344 e. The van der Waals surface area contributed by atoms with Crippen LogP contribution in [0.15, 0.2) is 60.0 Å². The van der Waals surface area contributed by atoms with Gasteiger partial charge in [-0.3, -0.25) is 9.59 Å². The summed E-state index contributed by atoms with van der Waals surface area (Å²) in [5, 5.41) is 0. The SMILES string of the molecule is O=C1C2=CC=CC1=C1C=CC=C(C1=O)c1ncc([nH]1)-c1c[nH]c2n1. The lowest BCUT2D eigenvalue weighted by Gasteiger charge is -2.15. The van der Waals surface area contributed by atoms with Crippen LogP contribution < -0.4 is 0 Å². The molecule has 3 aliphatic rings. The number of H-pyrrole nitrogens is 2. The number of Topliss-reactive ketones (excluding diaryl/α,β-unsaturated/α-hetero) is 2. The summed E-state index contributed by atoms with van der Waals surface area (Å²) in [6.07, 6.45) is 13.6. The number of carbonyl (C=O) groups excluding carboxylic acids is 2. The number of allylic oxidation sites excluding steroid dienone is 10. The monoisotopic (exact) mass is 314 g/mol. The lowest BCUT2D eigenvalue weighted by Crippen LogP contribution is -2.16. The summed E-state index contributed by atoms with van der Waals surface area (Å²) in [7, 11) is 0. The molecule has 6 nitrogen and oxygen atoms in total. The third kappa shape index (κ3) is 1.65. The van der Waals surface area contributed by atoms with Crippen molar-refractivity contribution in [2.45, 2.75) is 0 Å². The van der Waals surface area contributed by atoms with Gasteiger partial charge in [-0.25, -0.2) is 9.97 Å². The third-order valence-electron chi connectivity index (χ3n) is 4.26. The molecule has 6 heteroatoms. The number of carbonyl (C=O) groups is 2. The fourth-order valence-electron chi connectivity index (χ4n) is 3.06. The molecule has 0 aromatic carbocycles. The Morgan fingerprint density at radius 2 is 1.54 bits per heavy atom. The fourth-order valence-corrected chi connectivity index (χ4v) is 3.06. The van der Waals surface area contributed by atoms with Gasteiger partial charge in [0.05, 0.1) is 23.0 Å². The zero-order valence-corrected chi connectivity index (χ0v) is 12.3. The average Bonchev–Trinajstić information content (AvgIpc) is 3.24. The van der Waals surface area contributed by atoms with Gasteiger partial charge in [0.15, 0.2) is 11.6 Å². The van der Waals surface area contributed by atoms with Gasteiger partial charge in [0.1, 0.15) is 17.3 Å².